The molecule has 0 radical (unpaired) electrons. The Balaban J connectivity index is 1.45. The Morgan fingerprint density at radius 2 is 1.96 bits per heavy atom. The van der Waals surface area contributed by atoms with Gasteiger partial charge in [0.05, 0.1) is 30.7 Å². The maximum absolute atomic E-state index is 12.4. The Labute approximate surface area is 156 Å². The van der Waals surface area contributed by atoms with E-state index in [-0.39, 0.29) is 12.5 Å². The number of amides is 1. The van der Waals surface area contributed by atoms with Crippen molar-refractivity contribution in [1.29, 1.82) is 0 Å². The van der Waals surface area contributed by atoms with E-state index in [9.17, 15) is 4.79 Å². The fourth-order valence-corrected chi connectivity index (χ4v) is 3.60. The molecule has 2 heterocycles. The van der Waals surface area contributed by atoms with Gasteiger partial charge in [-0.15, -0.1) is 0 Å². The summed E-state index contributed by atoms with van der Waals surface area (Å²) in [5, 5.41) is 0. The third-order valence-corrected chi connectivity index (χ3v) is 5.08. The highest BCUT2D eigenvalue weighted by molar-refractivity contribution is 9.10. The molecule has 1 aromatic carbocycles. The zero-order chi connectivity index (χ0) is 17.6. The van der Waals surface area contributed by atoms with Crippen LogP contribution in [0, 0.1) is 6.92 Å². The molecule has 1 saturated heterocycles. The molecule has 0 atom stereocenters. The summed E-state index contributed by atoms with van der Waals surface area (Å²) in [5.41, 5.74) is 2.44. The number of rotatable bonds is 5. The van der Waals surface area contributed by atoms with Crippen molar-refractivity contribution < 1.29 is 14.4 Å². The lowest BCUT2D eigenvalue weighted by molar-refractivity contribution is -0.917. The molecule has 0 spiro atoms. The van der Waals surface area contributed by atoms with Crippen LogP contribution in [-0.4, -0.2) is 48.6 Å². The van der Waals surface area contributed by atoms with E-state index in [2.05, 4.69) is 33.0 Å². The standard InChI is InChI=1S/C19H22BrN3O2/c1-15-2-3-18(17(20)12-15)25-14-19(24)23-10-8-22(9-11-23)13-16-4-6-21-7-5-16/h2-7,12H,8-11,13-14H2,1H3/p+1. The van der Waals surface area contributed by atoms with Crippen LogP contribution < -0.4 is 9.64 Å². The third kappa shape index (κ3) is 5.03. The number of halogens is 1. The van der Waals surface area contributed by atoms with Gasteiger partial charge in [-0.2, -0.15) is 0 Å². The Hall–Kier alpha value is -1.92. The lowest BCUT2D eigenvalue weighted by atomic mass is 10.2. The van der Waals surface area contributed by atoms with Gasteiger partial charge in [-0.1, -0.05) is 6.07 Å². The number of hydrogen-bond donors (Lipinski definition) is 1. The average Bonchev–Trinajstić information content (AvgIpc) is 2.62. The van der Waals surface area contributed by atoms with Gasteiger partial charge in [0.15, 0.2) is 6.61 Å². The smallest absolute Gasteiger partial charge is 0.260 e. The lowest BCUT2D eigenvalue weighted by Crippen LogP contribution is -3.13. The number of carbonyl (C=O) groups excluding carboxylic acids is 1. The van der Waals surface area contributed by atoms with Crippen LogP contribution >= 0.6 is 15.9 Å². The van der Waals surface area contributed by atoms with Crippen LogP contribution in [0.4, 0.5) is 0 Å². The molecule has 0 aliphatic carbocycles. The maximum Gasteiger partial charge on any atom is 0.260 e. The predicted octanol–water partition coefficient (Wildman–Crippen LogP) is 1.46. The van der Waals surface area contributed by atoms with E-state index < -0.39 is 0 Å². The molecule has 132 valence electrons. The van der Waals surface area contributed by atoms with Crippen LogP contribution in [0.25, 0.3) is 0 Å². The largest absolute Gasteiger partial charge is 0.483 e. The highest BCUT2D eigenvalue weighted by Crippen LogP contribution is 2.25. The van der Waals surface area contributed by atoms with E-state index in [4.69, 9.17) is 4.74 Å². The van der Waals surface area contributed by atoms with Crippen LogP contribution in [0.1, 0.15) is 11.1 Å². The highest BCUT2D eigenvalue weighted by atomic mass is 79.9. The summed E-state index contributed by atoms with van der Waals surface area (Å²) in [6, 6.07) is 9.96. The number of hydrogen-bond acceptors (Lipinski definition) is 3. The Morgan fingerprint density at radius 1 is 1.24 bits per heavy atom. The van der Waals surface area contributed by atoms with E-state index in [1.165, 1.54) is 10.5 Å². The number of aromatic nitrogens is 1. The summed E-state index contributed by atoms with van der Waals surface area (Å²) < 4.78 is 6.56. The molecule has 1 aliphatic rings. The van der Waals surface area contributed by atoms with E-state index in [0.29, 0.717) is 5.75 Å². The molecule has 1 aromatic heterocycles. The minimum Gasteiger partial charge on any atom is -0.483 e. The van der Waals surface area contributed by atoms with Gasteiger partial charge in [-0.25, -0.2) is 0 Å². The molecular formula is C19H23BrN3O2+. The van der Waals surface area contributed by atoms with Gasteiger partial charge >= 0.3 is 0 Å². The SMILES string of the molecule is Cc1ccc(OCC(=O)N2CC[NH+](Cc3ccncc3)CC2)c(Br)c1. The number of quaternary nitrogens is 1. The second kappa shape index (κ2) is 8.45. The molecular weight excluding hydrogens is 382 g/mol. The maximum atomic E-state index is 12.4. The number of nitrogens with zero attached hydrogens (tertiary/aromatic N) is 2. The molecule has 1 amide bonds. The minimum atomic E-state index is 0.0513. The van der Waals surface area contributed by atoms with Crippen LogP contribution in [0.15, 0.2) is 47.2 Å². The third-order valence-electron chi connectivity index (χ3n) is 4.47. The van der Waals surface area contributed by atoms with E-state index in [1.807, 2.05) is 42.4 Å². The topological polar surface area (TPSA) is 46.9 Å². The molecule has 25 heavy (non-hydrogen) atoms. The Morgan fingerprint density at radius 3 is 2.64 bits per heavy atom. The van der Waals surface area contributed by atoms with Crippen LogP contribution in [0.3, 0.4) is 0 Å². The summed E-state index contributed by atoms with van der Waals surface area (Å²) in [6.07, 6.45) is 3.66. The van der Waals surface area contributed by atoms with Crippen molar-refractivity contribution in [3.63, 3.8) is 0 Å². The summed E-state index contributed by atoms with van der Waals surface area (Å²) in [7, 11) is 0. The number of pyridine rings is 1. The Kier molecular flexibility index (Phi) is 6.04. The molecule has 5 nitrogen and oxygen atoms in total. The minimum absolute atomic E-state index is 0.0513. The fourth-order valence-electron chi connectivity index (χ4n) is 2.99. The molecule has 2 aromatic rings. The summed E-state index contributed by atoms with van der Waals surface area (Å²) in [5.74, 6) is 0.760. The first-order chi connectivity index (χ1) is 12.1. The van der Waals surface area contributed by atoms with E-state index in [1.54, 1.807) is 0 Å². The normalized spacial score (nSPS) is 15.2. The lowest BCUT2D eigenvalue weighted by Gasteiger charge is -2.32. The zero-order valence-electron chi connectivity index (χ0n) is 14.4. The quantitative estimate of drug-likeness (QED) is 0.820. The monoisotopic (exact) mass is 404 g/mol. The first-order valence-corrected chi connectivity index (χ1v) is 9.30. The first-order valence-electron chi connectivity index (χ1n) is 8.51. The van der Waals surface area contributed by atoms with Gasteiger partial charge < -0.3 is 14.5 Å². The number of ether oxygens (including phenoxy) is 1. The first kappa shape index (κ1) is 17.9. The molecule has 3 rings (SSSR count). The van der Waals surface area contributed by atoms with Crippen molar-refractivity contribution in [3.8, 4) is 5.75 Å². The van der Waals surface area contributed by atoms with Crippen molar-refractivity contribution in [1.82, 2.24) is 9.88 Å². The van der Waals surface area contributed by atoms with Crippen LogP contribution in [0.5, 0.6) is 5.75 Å². The summed E-state index contributed by atoms with van der Waals surface area (Å²) >= 11 is 3.47. The number of benzene rings is 1. The molecule has 1 aliphatic heterocycles. The molecule has 1 N–H and O–H groups in total. The van der Waals surface area contributed by atoms with Crippen LogP contribution in [-0.2, 0) is 11.3 Å². The molecule has 1 fully saturated rings. The summed E-state index contributed by atoms with van der Waals surface area (Å²) in [6.45, 7) is 6.56. The summed E-state index contributed by atoms with van der Waals surface area (Å²) in [4.78, 5) is 19.8. The molecule has 6 heteroatoms. The van der Waals surface area contributed by atoms with Crippen molar-refractivity contribution in [2.24, 2.45) is 0 Å². The number of piperazine rings is 1. The van der Waals surface area contributed by atoms with Gasteiger partial charge in [-0.05, 0) is 52.7 Å². The number of aryl methyl sites for hydroxylation is 1. The second-order valence-corrected chi connectivity index (χ2v) is 7.24. The molecule has 0 saturated carbocycles. The highest BCUT2D eigenvalue weighted by Gasteiger charge is 2.24. The van der Waals surface area contributed by atoms with E-state index >= 15 is 0 Å². The van der Waals surface area contributed by atoms with Crippen molar-refractivity contribution >= 4 is 21.8 Å². The van der Waals surface area contributed by atoms with Gasteiger partial charge in [0.2, 0.25) is 0 Å². The van der Waals surface area contributed by atoms with E-state index in [0.717, 1.165) is 42.8 Å². The Bertz CT molecular complexity index is 716. The van der Waals surface area contributed by atoms with Gasteiger partial charge in [0.1, 0.15) is 12.3 Å². The van der Waals surface area contributed by atoms with Gasteiger partial charge in [0.25, 0.3) is 5.91 Å². The van der Waals surface area contributed by atoms with Crippen LogP contribution in [0.2, 0.25) is 0 Å². The van der Waals surface area contributed by atoms with Crippen molar-refractivity contribution in [2.75, 3.05) is 32.8 Å². The zero-order valence-corrected chi connectivity index (χ0v) is 16.0. The van der Waals surface area contributed by atoms with Crippen molar-refractivity contribution in [2.45, 2.75) is 13.5 Å². The molecule has 0 bridgehead atoms. The number of carbonyl (C=O) groups is 1. The predicted molar refractivity (Wildman–Crippen MR) is 99.6 cm³/mol. The molecule has 0 unspecified atom stereocenters. The second-order valence-electron chi connectivity index (χ2n) is 6.39. The average molecular weight is 405 g/mol. The fraction of sp³-hybridized carbons (Fsp3) is 0.368. The van der Waals surface area contributed by atoms with Crippen molar-refractivity contribution in [3.05, 3.63) is 58.3 Å². The van der Waals surface area contributed by atoms with Gasteiger partial charge in [0, 0.05) is 18.0 Å². The van der Waals surface area contributed by atoms with Gasteiger partial charge in [-0.3, -0.25) is 9.78 Å². The number of nitrogens with one attached hydrogen (secondary N) is 1.